The number of nitrogens with one attached hydrogen (secondary N) is 1. The van der Waals surface area contributed by atoms with E-state index in [-0.39, 0.29) is 0 Å². The molecule has 1 aliphatic heterocycles. The summed E-state index contributed by atoms with van der Waals surface area (Å²) in [7, 11) is 0. The van der Waals surface area contributed by atoms with E-state index >= 15 is 0 Å². The Hall–Kier alpha value is -2.85. The van der Waals surface area contributed by atoms with Gasteiger partial charge in [0.25, 0.3) is 0 Å². The average molecular weight is 343 g/mol. The molecule has 0 unspecified atom stereocenters. The van der Waals surface area contributed by atoms with Gasteiger partial charge in [0.2, 0.25) is 0 Å². The molecule has 1 saturated heterocycles. The van der Waals surface area contributed by atoms with E-state index in [0.717, 1.165) is 31.9 Å². The molecule has 2 aromatic carbocycles. The van der Waals surface area contributed by atoms with Gasteiger partial charge in [-0.3, -0.25) is 0 Å². The van der Waals surface area contributed by atoms with Gasteiger partial charge in [-0.15, -0.1) is 0 Å². The van der Waals surface area contributed by atoms with Gasteiger partial charge in [-0.1, -0.05) is 42.5 Å². The van der Waals surface area contributed by atoms with Crippen molar-refractivity contribution in [3.8, 4) is 11.3 Å². The van der Waals surface area contributed by atoms with Gasteiger partial charge in [-0.05, 0) is 24.1 Å². The van der Waals surface area contributed by atoms with Gasteiger partial charge < -0.3 is 14.3 Å². The third-order valence-electron chi connectivity index (χ3n) is 5.27. The van der Waals surface area contributed by atoms with Crippen molar-refractivity contribution in [2.45, 2.75) is 18.9 Å². The number of aromatic nitrogens is 3. The van der Waals surface area contributed by atoms with Gasteiger partial charge in [-0.2, -0.15) is 0 Å². The number of rotatable bonds is 4. The van der Waals surface area contributed by atoms with E-state index in [4.69, 9.17) is 9.72 Å². The first-order valence-electron chi connectivity index (χ1n) is 9.13. The Balaban J connectivity index is 1.60. The molecule has 4 heteroatoms. The van der Waals surface area contributed by atoms with E-state index in [1.54, 1.807) is 0 Å². The minimum atomic E-state index is 0.401. The Labute approximate surface area is 152 Å². The lowest BCUT2D eigenvalue weighted by Crippen LogP contribution is -2.10. The van der Waals surface area contributed by atoms with Gasteiger partial charge >= 0.3 is 0 Å². The fraction of sp³-hybridized carbons (Fsp3) is 0.227. The molecule has 1 N–H and O–H groups in total. The molecule has 0 saturated carbocycles. The van der Waals surface area contributed by atoms with Crippen molar-refractivity contribution < 1.29 is 4.74 Å². The molecule has 0 bridgehead atoms. The van der Waals surface area contributed by atoms with E-state index in [9.17, 15) is 0 Å². The lowest BCUT2D eigenvalue weighted by atomic mass is 9.98. The van der Waals surface area contributed by atoms with Crippen LogP contribution in [0.25, 0.3) is 22.2 Å². The summed E-state index contributed by atoms with van der Waals surface area (Å²) in [5, 5.41) is 1.27. The van der Waals surface area contributed by atoms with Crippen molar-refractivity contribution in [2.75, 3.05) is 13.2 Å². The standard InChI is InChI=1S/C22H21N3O/c1-2-5-16(6-3-1)21-22(18-10-12-26-14-18)25(15-24-21)13-17-7-4-8-20-19(17)9-11-23-20/h1-9,11,15,18,23H,10,12-14H2/t18-/m1/s1. The normalized spacial score (nSPS) is 17.2. The smallest absolute Gasteiger partial charge is 0.0959 e. The predicted octanol–water partition coefficient (Wildman–Crippen LogP) is 4.58. The van der Waals surface area contributed by atoms with Crippen molar-refractivity contribution in [2.24, 2.45) is 0 Å². The zero-order valence-electron chi connectivity index (χ0n) is 14.6. The number of H-pyrrole nitrogens is 1. The molecule has 0 radical (unpaired) electrons. The first-order valence-corrected chi connectivity index (χ1v) is 9.13. The fourth-order valence-corrected chi connectivity index (χ4v) is 3.99. The Kier molecular flexibility index (Phi) is 3.83. The highest BCUT2D eigenvalue weighted by molar-refractivity contribution is 5.82. The van der Waals surface area contributed by atoms with Crippen LogP contribution in [0, 0.1) is 0 Å². The minimum absolute atomic E-state index is 0.401. The molecular formula is C22H21N3O. The molecule has 130 valence electrons. The summed E-state index contributed by atoms with van der Waals surface area (Å²) in [6.45, 7) is 2.43. The third kappa shape index (κ3) is 2.63. The highest BCUT2D eigenvalue weighted by Crippen LogP contribution is 2.34. The molecule has 0 aliphatic carbocycles. The number of hydrogen-bond acceptors (Lipinski definition) is 2. The maximum Gasteiger partial charge on any atom is 0.0959 e. The Morgan fingerprint density at radius 2 is 2.00 bits per heavy atom. The van der Waals surface area contributed by atoms with E-state index in [1.165, 1.54) is 27.7 Å². The highest BCUT2D eigenvalue weighted by atomic mass is 16.5. The number of nitrogens with zero attached hydrogens (tertiary/aromatic N) is 2. The van der Waals surface area contributed by atoms with Gasteiger partial charge in [0.15, 0.2) is 0 Å². The Morgan fingerprint density at radius 3 is 2.85 bits per heavy atom. The van der Waals surface area contributed by atoms with Crippen LogP contribution in [-0.4, -0.2) is 27.7 Å². The molecule has 5 rings (SSSR count). The number of hydrogen-bond donors (Lipinski definition) is 1. The highest BCUT2D eigenvalue weighted by Gasteiger charge is 2.26. The third-order valence-corrected chi connectivity index (χ3v) is 5.27. The summed E-state index contributed by atoms with van der Waals surface area (Å²) in [4.78, 5) is 8.10. The summed E-state index contributed by atoms with van der Waals surface area (Å²) in [6.07, 6.45) is 5.05. The van der Waals surface area contributed by atoms with Crippen LogP contribution in [0.3, 0.4) is 0 Å². The SMILES string of the molecule is c1ccc(-c2ncn(Cc3cccc4[nH]ccc34)c2[C@@H]2CCOC2)cc1. The van der Waals surface area contributed by atoms with Crippen LogP contribution in [0.15, 0.2) is 67.1 Å². The monoisotopic (exact) mass is 343 g/mol. The summed E-state index contributed by atoms with van der Waals surface area (Å²) < 4.78 is 8.00. The molecule has 1 aliphatic rings. The number of fused-ring (bicyclic) bond motifs is 1. The zero-order chi connectivity index (χ0) is 17.3. The Morgan fingerprint density at radius 1 is 1.08 bits per heavy atom. The number of ether oxygens (including phenoxy) is 1. The van der Waals surface area contributed by atoms with E-state index in [0.29, 0.717) is 5.92 Å². The first-order chi connectivity index (χ1) is 12.9. The predicted molar refractivity (Wildman–Crippen MR) is 103 cm³/mol. The summed E-state index contributed by atoms with van der Waals surface area (Å²) >= 11 is 0. The van der Waals surface area contributed by atoms with Crippen molar-refractivity contribution in [1.29, 1.82) is 0 Å². The molecule has 26 heavy (non-hydrogen) atoms. The van der Waals surface area contributed by atoms with Crippen molar-refractivity contribution in [3.63, 3.8) is 0 Å². The zero-order valence-corrected chi connectivity index (χ0v) is 14.6. The van der Waals surface area contributed by atoms with Gasteiger partial charge in [0.05, 0.1) is 24.3 Å². The van der Waals surface area contributed by atoms with E-state index < -0.39 is 0 Å². The van der Waals surface area contributed by atoms with Crippen molar-refractivity contribution >= 4 is 10.9 Å². The van der Waals surface area contributed by atoms with E-state index in [2.05, 4.69) is 58.1 Å². The van der Waals surface area contributed by atoms with Crippen molar-refractivity contribution in [3.05, 3.63) is 78.4 Å². The fourth-order valence-electron chi connectivity index (χ4n) is 3.99. The maximum absolute atomic E-state index is 5.69. The van der Waals surface area contributed by atoms with Crippen LogP contribution < -0.4 is 0 Å². The van der Waals surface area contributed by atoms with Crippen LogP contribution in [0.2, 0.25) is 0 Å². The molecular weight excluding hydrogens is 322 g/mol. The second-order valence-electron chi connectivity index (χ2n) is 6.89. The second kappa shape index (κ2) is 6.46. The molecule has 1 atom stereocenters. The van der Waals surface area contributed by atoms with Gasteiger partial charge in [0.1, 0.15) is 0 Å². The summed E-state index contributed by atoms with van der Waals surface area (Å²) in [6, 6.07) is 19.1. The largest absolute Gasteiger partial charge is 0.381 e. The summed E-state index contributed by atoms with van der Waals surface area (Å²) in [5.41, 5.74) is 6.04. The molecule has 3 heterocycles. The quantitative estimate of drug-likeness (QED) is 0.589. The van der Waals surface area contributed by atoms with Crippen LogP contribution in [0.1, 0.15) is 23.6 Å². The topological polar surface area (TPSA) is 42.8 Å². The maximum atomic E-state index is 5.69. The minimum Gasteiger partial charge on any atom is -0.381 e. The lowest BCUT2D eigenvalue weighted by molar-refractivity contribution is 0.193. The number of benzene rings is 2. The summed E-state index contributed by atoms with van der Waals surface area (Å²) in [5.74, 6) is 0.401. The number of imidazole rings is 1. The van der Waals surface area contributed by atoms with Crippen LogP contribution >= 0.6 is 0 Å². The Bertz CT molecular complexity index is 1030. The first kappa shape index (κ1) is 15.4. The van der Waals surface area contributed by atoms with Gasteiger partial charge in [-0.25, -0.2) is 4.98 Å². The molecule has 0 spiro atoms. The van der Waals surface area contributed by atoms with Gasteiger partial charge in [0, 0.05) is 41.7 Å². The second-order valence-corrected chi connectivity index (χ2v) is 6.89. The molecule has 4 aromatic rings. The average Bonchev–Trinajstić information content (AvgIpc) is 3.43. The molecule has 2 aromatic heterocycles. The van der Waals surface area contributed by atoms with Crippen molar-refractivity contribution in [1.82, 2.24) is 14.5 Å². The lowest BCUT2D eigenvalue weighted by Gasteiger charge is -2.15. The molecule has 0 amide bonds. The van der Waals surface area contributed by atoms with Crippen LogP contribution in [0.4, 0.5) is 0 Å². The van der Waals surface area contributed by atoms with Crippen LogP contribution in [-0.2, 0) is 11.3 Å². The molecule has 1 fully saturated rings. The number of aromatic amines is 1. The molecule has 4 nitrogen and oxygen atoms in total. The van der Waals surface area contributed by atoms with Crippen LogP contribution in [0.5, 0.6) is 0 Å². The van der Waals surface area contributed by atoms with E-state index in [1.807, 2.05) is 18.6 Å².